The van der Waals surface area contributed by atoms with Crippen LogP contribution in [0.1, 0.15) is 39.2 Å². The van der Waals surface area contributed by atoms with E-state index in [9.17, 15) is 14.4 Å². The summed E-state index contributed by atoms with van der Waals surface area (Å²) in [7, 11) is 0. The van der Waals surface area contributed by atoms with Crippen LogP contribution < -0.4 is 16.4 Å². The van der Waals surface area contributed by atoms with Crippen molar-refractivity contribution >= 4 is 34.9 Å². The lowest BCUT2D eigenvalue weighted by molar-refractivity contribution is -0.127. The van der Waals surface area contributed by atoms with Crippen molar-refractivity contribution in [2.24, 2.45) is 10.7 Å². The van der Waals surface area contributed by atoms with Gasteiger partial charge < -0.3 is 21.5 Å². The number of rotatable bonds is 8. The number of amides is 3. The van der Waals surface area contributed by atoms with Crippen LogP contribution >= 0.6 is 0 Å². The van der Waals surface area contributed by atoms with Crippen LogP contribution in [0.4, 0.5) is 11.4 Å². The Bertz CT molecular complexity index is 1030. The third-order valence-corrected chi connectivity index (χ3v) is 5.49. The van der Waals surface area contributed by atoms with Crippen LogP contribution in [0.2, 0.25) is 0 Å². The lowest BCUT2D eigenvalue weighted by atomic mass is 10.0. The molecule has 5 N–H and O–H groups in total. The highest BCUT2D eigenvalue weighted by Crippen LogP contribution is 2.36. The minimum atomic E-state index is -1.08. The fraction of sp³-hybridized carbons (Fsp3) is 0.391. The lowest BCUT2D eigenvalue weighted by Crippen LogP contribution is -2.49. The van der Waals surface area contributed by atoms with E-state index in [2.05, 4.69) is 10.6 Å². The van der Waals surface area contributed by atoms with Gasteiger partial charge in [0.15, 0.2) is 0 Å². The van der Waals surface area contributed by atoms with E-state index in [1.54, 1.807) is 17.0 Å². The molecule has 1 aromatic carbocycles. The maximum absolute atomic E-state index is 13.0. The van der Waals surface area contributed by atoms with Gasteiger partial charge in [-0.15, -0.1) is 0 Å². The van der Waals surface area contributed by atoms with Gasteiger partial charge in [0.25, 0.3) is 5.91 Å². The molecule has 2 aliphatic heterocycles. The Kier molecular flexibility index (Phi) is 7.22. The molecule has 0 spiro atoms. The fourth-order valence-corrected chi connectivity index (χ4v) is 3.68. The summed E-state index contributed by atoms with van der Waals surface area (Å²) in [4.78, 5) is 43.6. The third-order valence-electron chi connectivity index (χ3n) is 5.49. The number of benzene rings is 1. The standard InChI is InChI=1S/C23H29N5O4/c1-4-6-7-17-16(5-2)20-27-19-9-8-15(10-14(19)11-28(20)23(17)32)26-21(30)13(3)25-22(31)18(24)12-29/h4,6,8-10,13,18,29H,5,7,11-12,24H2,1-3H3,(H,25,31)(H,26,30)/b6-4-/t13-,18+/m1/s1. The summed E-state index contributed by atoms with van der Waals surface area (Å²) in [6.07, 6.45) is 5.20. The predicted molar refractivity (Wildman–Crippen MR) is 122 cm³/mol. The number of nitrogens with two attached hydrogens (primary N) is 1. The highest BCUT2D eigenvalue weighted by molar-refractivity contribution is 6.22. The Morgan fingerprint density at radius 3 is 2.72 bits per heavy atom. The molecule has 0 aromatic heterocycles. The molecule has 3 rings (SSSR count). The first kappa shape index (κ1) is 23.4. The van der Waals surface area contributed by atoms with E-state index in [1.807, 2.05) is 32.1 Å². The number of fused-ring (bicyclic) bond motifs is 2. The zero-order chi connectivity index (χ0) is 23.4. The summed E-state index contributed by atoms with van der Waals surface area (Å²) in [5.41, 5.74) is 9.32. The van der Waals surface area contributed by atoms with E-state index in [0.29, 0.717) is 24.5 Å². The van der Waals surface area contributed by atoms with Crippen molar-refractivity contribution in [2.75, 3.05) is 11.9 Å². The summed E-state index contributed by atoms with van der Waals surface area (Å²) in [5, 5.41) is 14.2. The van der Waals surface area contributed by atoms with E-state index in [-0.39, 0.29) is 5.91 Å². The molecule has 32 heavy (non-hydrogen) atoms. The molecule has 0 aliphatic carbocycles. The van der Waals surface area contributed by atoms with Crippen molar-refractivity contribution in [3.05, 3.63) is 47.1 Å². The van der Waals surface area contributed by atoms with Crippen molar-refractivity contribution in [3.63, 3.8) is 0 Å². The van der Waals surface area contributed by atoms with Gasteiger partial charge in [-0.05, 0) is 50.5 Å². The first-order valence-electron chi connectivity index (χ1n) is 10.6. The number of nitrogens with one attached hydrogen (secondary N) is 2. The molecule has 0 fully saturated rings. The Morgan fingerprint density at radius 2 is 2.06 bits per heavy atom. The Labute approximate surface area is 187 Å². The molecule has 9 heteroatoms. The number of anilines is 1. The van der Waals surface area contributed by atoms with Crippen LogP contribution in [0.15, 0.2) is 46.5 Å². The third kappa shape index (κ3) is 4.63. The SMILES string of the molecule is C/C=C\CC1=C(CC)C2=Nc3ccc(NC(=O)[C@@H](C)NC(=O)[C@@H](N)CO)cc3CN2C1=O. The Morgan fingerprint density at radius 1 is 1.31 bits per heavy atom. The fourth-order valence-electron chi connectivity index (χ4n) is 3.68. The van der Waals surface area contributed by atoms with Crippen LogP contribution in [-0.4, -0.2) is 52.3 Å². The second kappa shape index (κ2) is 9.88. The highest BCUT2D eigenvalue weighted by atomic mass is 16.3. The molecule has 170 valence electrons. The number of aliphatic imine (C=N–C) groups is 1. The van der Waals surface area contributed by atoms with Crippen LogP contribution in [0.5, 0.6) is 0 Å². The first-order chi connectivity index (χ1) is 15.3. The highest BCUT2D eigenvalue weighted by Gasteiger charge is 2.37. The summed E-state index contributed by atoms with van der Waals surface area (Å²) in [5.74, 6) is -0.361. The summed E-state index contributed by atoms with van der Waals surface area (Å²) >= 11 is 0. The minimum absolute atomic E-state index is 0.0321. The number of carbonyl (C=O) groups excluding carboxylic acids is 3. The van der Waals surface area contributed by atoms with Crippen LogP contribution in [0.25, 0.3) is 0 Å². The molecule has 0 saturated heterocycles. The molecule has 2 aliphatic rings. The normalized spacial score (nSPS) is 17.1. The van der Waals surface area contributed by atoms with Gasteiger partial charge in [0.05, 0.1) is 18.8 Å². The van der Waals surface area contributed by atoms with Crippen molar-refractivity contribution < 1.29 is 19.5 Å². The zero-order valence-corrected chi connectivity index (χ0v) is 18.5. The smallest absolute Gasteiger partial charge is 0.256 e. The average molecular weight is 440 g/mol. The number of hydrogen-bond acceptors (Lipinski definition) is 6. The molecule has 3 amide bonds. The van der Waals surface area contributed by atoms with E-state index in [0.717, 1.165) is 28.8 Å². The zero-order valence-electron chi connectivity index (χ0n) is 18.5. The van der Waals surface area contributed by atoms with Gasteiger partial charge >= 0.3 is 0 Å². The molecular formula is C23H29N5O4. The van der Waals surface area contributed by atoms with Crippen LogP contribution in [0, 0.1) is 0 Å². The number of aliphatic hydroxyl groups excluding tert-OH is 1. The topological polar surface area (TPSA) is 137 Å². The van der Waals surface area contributed by atoms with Gasteiger partial charge in [0.1, 0.15) is 17.9 Å². The summed E-state index contributed by atoms with van der Waals surface area (Å²) in [6.45, 7) is 5.34. The van der Waals surface area contributed by atoms with Crippen LogP contribution in [0.3, 0.4) is 0 Å². The minimum Gasteiger partial charge on any atom is -0.394 e. The average Bonchev–Trinajstić information content (AvgIpc) is 3.05. The molecule has 2 heterocycles. The Hall–Kier alpha value is -3.30. The second-order valence-corrected chi connectivity index (χ2v) is 7.76. The number of amidine groups is 1. The number of carbonyl (C=O) groups is 3. The van der Waals surface area contributed by atoms with Gasteiger partial charge in [-0.25, -0.2) is 4.99 Å². The molecule has 0 bridgehead atoms. The summed E-state index contributed by atoms with van der Waals surface area (Å²) < 4.78 is 0. The molecule has 0 radical (unpaired) electrons. The monoisotopic (exact) mass is 439 g/mol. The van der Waals surface area contributed by atoms with Gasteiger partial charge in [0, 0.05) is 16.8 Å². The predicted octanol–water partition coefficient (Wildman–Crippen LogP) is 1.51. The first-order valence-corrected chi connectivity index (χ1v) is 10.6. The molecule has 2 atom stereocenters. The van der Waals surface area contributed by atoms with Crippen molar-refractivity contribution in [1.29, 1.82) is 0 Å². The summed E-state index contributed by atoms with van der Waals surface area (Å²) in [6, 6.07) is 3.40. The van der Waals surface area contributed by atoms with E-state index in [1.165, 1.54) is 6.92 Å². The van der Waals surface area contributed by atoms with Crippen molar-refractivity contribution in [3.8, 4) is 0 Å². The second-order valence-electron chi connectivity index (χ2n) is 7.76. The largest absolute Gasteiger partial charge is 0.394 e. The van der Waals surface area contributed by atoms with E-state index in [4.69, 9.17) is 15.8 Å². The van der Waals surface area contributed by atoms with Crippen LogP contribution in [-0.2, 0) is 20.9 Å². The number of allylic oxidation sites excluding steroid dienone is 2. The van der Waals surface area contributed by atoms with Gasteiger partial charge in [-0.3, -0.25) is 19.3 Å². The Balaban J connectivity index is 1.76. The number of nitrogens with zero attached hydrogens (tertiary/aromatic N) is 2. The quantitative estimate of drug-likeness (QED) is 0.455. The van der Waals surface area contributed by atoms with Gasteiger partial charge in [-0.2, -0.15) is 0 Å². The molecule has 9 nitrogen and oxygen atoms in total. The molecule has 0 saturated carbocycles. The molecular weight excluding hydrogens is 410 g/mol. The van der Waals surface area contributed by atoms with E-state index < -0.39 is 30.5 Å². The van der Waals surface area contributed by atoms with Gasteiger partial charge in [0.2, 0.25) is 11.8 Å². The van der Waals surface area contributed by atoms with Crippen molar-refractivity contribution in [1.82, 2.24) is 10.2 Å². The molecule has 1 aromatic rings. The van der Waals surface area contributed by atoms with Crippen molar-refractivity contribution in [2.45, 2.75) is 52.2 Å². The molecule has 0 unspecified atom stereocenters. The maximum atomic E-state index is 13.0. The number of hydrogen-bond donors (Lipinski definition) is 4. The number of aliphatic hydroxyl groups is 1. The lowest BCUT2D eigenvalue weighted by Gasteiger charge is -2.25. The van der Waals surface area contributed by atoms with Gasteiger partial charge in [-0.1, -0.05) is 19.1 Å². The van der Waals surface area contributed by atoms with E-state index >= 15 is 0 Å². The maximum Gasteiger partial charge on any atom is 0.256 e.